The highest BCUT2D eigenvalue weighted by atomic mass is 16.5. The molecule has 3 atom stereocenters. The topological polar surface area (TPSA) is 103 Å². The normalized spacial score (nSPS) is 19.2. The summed E-state index contributed by atoms with van der Waals surface area (Å²) in [4.78, 5) is 41.4. The molecule has 1 aliphatic heterocycles. The quantitative estimate of drug-likeness (QED) is 0.206. The van der Waals surface area contributed by atoms with Gasteiger partial charge in [-0.15, -0.1) is 13.2 Å². The van der Waals surface area contributed by atoms with E-state index in [1.54, 1.807) is 20.3 Å². The van der Waals surface area contributed by atoms with E-state index in [2.05, 4.69) is 18.5 Å². The number of amides is 2. The van der Waals surface area contributed by atoms with Crippen molar-refractivity contribution < 1.29 is 33.3 Å². The molecule has 1 N–H and O–H groups in total. The first-order valence-electron chi connectivity index (χ1n) is 14.1. The lowest BCUT2D eigenvalue weighted by molar-refractivity contribution is -0.152. The van der Waals surface area contributed by atoms with Crippen molar-refractivity contribution in [3.05, 3.63) is 66.8 Å². The summed E-state index contributed by atoms with van der Waals surface area (Å²) in [5.41, 5.74) is 0.0968. The number of hydrogen-bond acceptors (Lipinski definition) is 7. The molecule has 2 aromatic rings. The summed E-state index contributed by atoms with van der Waals surface area (Å²) in [5, 5.41) is 4.72. The van der Waals surface area contributed by atoms with Gasteiger partial charge in [-0.2, -0.15) is 0 Å². The van der Waals surface area contributed by atoms with Crippen LogP contribution in [0, 0.1) is 5.41 Å². The third-order valence-corrected chi connectivity index (χ3v) is 7.82. The highest BCUT2D eigenvalue weighted by molar-refractivity contribution is 5.92. The Bertz CT molecular complexity index is 1320. The van der Waals surface area contributed by atoms with Crippen LogP contribution in [0.4, 0.5) is 4.79 Å². The van der Waals surface area contributed by atoms with Crippen LogP contribution in [0.2, 0.25) is 0 Å². The first kappa shape index (κ1) is 32.7. The van der Waals surface area contributed by atoms with Gasteiger partial charge in [0.05, 0.1) is 27.4 Å². The van der Waals surface area contributed by atoms with Crippen molar-refractivity contribution in [3.8, 4) is 5.75 Å². The number of carbonyl (C=O) groups excluding carboxylic acids is 3. The van der Waals surface area contributed by atoms with E-state index in [0.717, 1.165) is 27.6 Å². The van der Waals surface area contributed by atoms with Crippen LogP contribution in [0.1, 0.15) is 51.2 Å². The van der Waals surface area contributed by atoms with Crippen LogP contribution in [-0.2, 0) is 35.8 Å². The van der Waals surface area contributed by atoms with Crippen LogP contribution >= 0.6 is 0 Å². The Labute approximate surface area is 248 Å². The van der Waals surface area contributed by atoms with E-state index in [4.69, 9.17) is 18.9 Å². The van der Waals surface area contributed by atoms with E-state index >= 15 is 0 Å². The standard InChI is InChI=1S/C33H44N2O7/c1-9-11-12-18-42-31(38)34-28(32(3,4)5)29(36)35-21-33(41-8,20-26(35)30(37)40-7)23-16-14-22-15-17-27(39-6)24(13-10-2)25(22)19-23/h9-10,14-17,19,26,28H,1-2,11-13,18,20-21H2,3-8H3,(H,34,38)/t26?,28-,33?/m1/s1. The Hall–Kier alpha value is -3.85. The molecule has 0 spiro atoms. The van der Waals surface area contributed by atoms with E-state index in [0.29, 0.717) is 19.3 Å². The summed E-state index contributed by atoms with van der Waals surface area (Å²) in [7, 11) is 4.50. The first-order chi connectivity index (χ1) is 20.0. The number of likely N-dealkylation sites (tertiary alicyclic amines) is 1. The number of nitrogens with zero attached hydrogens (tertiary/aromatic N) is 1. The van der Waals surface area contributed by atoms with Crippen LogP contribution in [0.5, 0.6) is 5.75 Å². The number of unbranched alkanes of at least 4 members (excludes halogenated alkanes) is 1. The largest absolute Gasteiger partial charge is 0.496 e. The Morgan fingerprint density at radius 2 is 1.83 bits per heavy atom. The Kier molecular flexibility index (Phi) is 10.8. The van der Waals surface area contributed by atoms with Crippen molar-refractivity contribution in [3.63, 3.8) is 0 Å². The van der Waals surface area contributed by atoms with Crippen LogP contribution in [0.25, 0.3) is 10.8 Å². The predicted octanol–water partition coefficient (Wildman–Crippen LogP) is 5.30. The number of rotatable bonds is 12. The van der Waals surface area contributed by atoms with Gasteiger partial charge in [-0.05, 0) is 53.1 Å². The minimum Gasteiger partial charge on any atom is -0.496 e. The van der Waals surface area contributed by atoms with Gasteiger partial charge in [-0.1, -0.05) is 51.1 Å². The van der Waals surface area contributed by atoms with Crippen molar-refractivity contribution >= 4 is 28.7 Å². The zero-order chi connectivity index (χ0) is 31.1. The summed E-state index contributed by atoms with van der Waals surface area (Å²) in [5.74, 6) is -0.233. The predicted molar refractivity (Wildman–Crippen MR) is 162 cm³/mol. The smallest absolute Gasteiger partial charge is 0.407 e. The summed E-state index contributed by atoms with van der Waals surface area (Å²) in [6.07, 6.45) is 4.99. The molecule has 1 heterocycles. The molecule has 1 aliphatic rings. The van der Waals surface area contributed by atoms with E-state index in [9.17, 15) is 14.4 Å². The molecule has 2 amide bonds. The molecule has 0 radical (unpaired) electrons. The fourth-order valence-electron chi connectivity index (χ4n) is 5.48. The molecular formula is C33H44N2O7. The fraction of sp³-hybridized carbons (Fsp3) is 0.485. The van der Waals surface area contributed by atoms with Gasteiger partial charge in [-0.25, -0.2) is 9.59 Å². The Balaban J connectivity index is 2.02. The third kappa shape index (κ3) is 6.95. The summed E-state index contributed by atoms with van der Waals surface area (Å²) in [6.45, 7) is 13.4. The van der Waals surface area contributed by atoms with Crippen molar-refractivity contribution in [1.82, 2.24) is 10.2 Å². The number of allylic oxidation sites excluding steroid dienone is 2. The highest BCUT2D eigenvalue weighted by Crippen LogP contribution is 2.42. The molecule has 228 valence electrons. The average Bonchev–Trinajstić information content (AvgIpc) is 3.38. The molecule has 3 rings (SSSR count). The molecule has 1 saturated heterocycles. The zero-order valence-electron chi connectivity index (χ0n) is 25.7. The molecule has 9 heteroatoms. The lowest BCUT2D eigenvalue weighted by atomic mass is 9.85. The van der Waals surface area contributed by atoms with Crippen molar-refractivity contribution in [2.24, 2.45) is 5.41 Å². The number of alkyl carbamates (subject to hydrolysis) is 1. The van der Waals surface area contributed by atoms with Gasteiger partial charge in [0.1, 0.15) is 23.4 Å². The van der Waals surface area contributed by atoms with Crippen molar-refractivity contribution in [2.45, 2.75) is 64.1 Å². The number of ether oxygens (including phenoxy) is 4. The Morgan fingerprint density at radius 1 is 1.12 bits per heavy atom. The second-order valence-corrected chi connectivity index (χ2v) is 11.6. The van der Waals surface area contributed by atoms with Crippen LogP contribution in [-0.4, -0.2) is 69.4 Å². The number of fused-ring (bicyclic) bond motifs is 1. The molecule has 9 nitrogen and oxygen atoms in total. The van der Waals surface area contributed by atoms with Gasteiger partial charge < -0.3 is 29.2 Å². The number of benzene rings is 2. The lowest BCUT2D eigenvalue weighted by Crippen LogP contribution is -2.57. The maximum atomic E-state index is 14.2. The van der Waals surface area contributed by atoms with Gasteiger partial charge in [0.15, 0.2) is 0 Å². The van der Waals surface area contributed by atoms with Crippen LogP contribution in [0.3, 0.4) is 0 Å². The number of hydrogen-bond donors (Lipinski definition) is 1. The van der Waals surface area contributed by atoms with Gasteiger partial charge in [0.25, 0.3) is 0 Å². The number of methoxy groups -OCH3 is 3. The van der Waals surface area contributed by atoms with E-state index in [1.807, 2.05) is 57.2 Å². The molecule has 1 fully saturated rings. The molecule has 0 aromatic heterocycles. The van der Waals surface area contributed by atoms with Gasteiger partial charge in [-0.3, -0.25) is 4.79 Å². The maximum absolute atomic E-state index is 14.2. The second-order valence-electron chi connectivity index (χ2n) is 11.6. The molecule has 42 heavy (non-hydrogen) atoms. The highest BCUT2D eigenvalue weighted by Gasteiger charge is 2.53. The van der Waals surface area contributed by atoms with E-state index in [-0.39, 0.29) is 19.6 Å². The minimum atomic E-state index is -1.01. The number of esters is 1. The van der Waals surface area contributed by atoms with Crippen molar-refractivity contribution in [2.75, 3.05) is 34.5 Å². The molecular weight excluding hydrogens is 536 g/mol. The second kappa shape index (κ2) is 13.9. The Morgan fingerprint density at radius 3 is 2.43 bits per heavy atom. The minimum absolute atomic E-state index is 0.0804. The molecule has 0 bridgehead atoms. The lowest BCUT2D eigenvalue weighted by Gasteiger charge is -2.35. The molecule has 0 saturated carbocycles. The number of nitrogens with one attached hydrogen (secondary N) is 1. The van der Waals surface area contributed by atoms with Crippen molar-refractivity contribution in [1.29, 1.82) is 0 Å². The first-order valence-corrected chi connectivity index (χ1v) is 14.1. The van der Waals surface area contributed by atoms with Gasteiger partial charge in [0.2, 0.25) is 5.91 Å². The zero-order valence-corrected chi connectivity index (χ0v) is 25.7. The van der Waals surface area contributed by atoms with E-state index in [1.165, 1.54) is 12.0 Å². The van der Waals surface area contributed by atoms with Gasteiger partial charge >= 0.3 is 12.1 Å². The van der Waals surface area contributed by atoms with E-state index < -0.39 is 41.1 Å². The summed E-state index contributed by atoms with van der Waals surface area (Å²) in [6, 6.07) is 8.01. The molecule has 2 unspecified atom stereocenters. The monoisotopic (exact) mass is 580 g/mol. The van der Waals surface area contributed by atoms with Crippen LogP contribution in [0.15, 0.2) is 55.6 Å². The van der Waals surface area contributed by atoms with Crippen LogP contribution < -0.4 is 10.1 Å². The molecule has 0 aliphatic carbocycles. The maximum Gasteiger partial charge on any atom is 0.407 e. The third-order valence-electron chi connectivity index (χ3n) is 7.82. The summed E-state index contributed by atoms with van der Waals surface area (Å²) < 4.78 is 22.2. The fourth-order valence-corrected chi connectivity index (χ4v) is 5.48. The SMILES string of the molecule is C=CCCCOC(=O)N[C@H](C(=O)N1CC(OC)(c2ccc3ccc(OC)c(CC=C)c3c2)CC1C(=O)OC)C(C)(C)C. The average molecular weight is 581 g/mol. The summed E-state index contributed by atoms with van der Waals surface area (Å²) >= 11 is 0. The number of carbonyl (C=O) groups is 3. The molecule has 2 aromatic carbocycles. The van der Waals surface area contributed by atoms with Gasteiger partial charge in [0, 0.05) is 19.1 Å².